The van der Waals surface area contributed by atoms with Crippen molar-refractivity contribution in [2.45, 2.75) is 0 Å². The second kappa shape index (κ2) is 3.92. The highest BCUT2D eigenvalue weighted by molar-refractivity contribution is 9.10. The van der Waals surface area contributed by atoms with E-state index in [4.69, 9.17) is 16.3 Å². The van der Waals surface area contributed by atoms with E-state index in [2.05, 4.69) is 15.9 Å². The minimum absolute atomic E-state index is 0.369. The van der Waals surface area contributed by atoms with E-state index in [0.29, 0.717) is 27.1 Å². The van der Waals surface area contributed by atoms with Crippen molar-refractivity contribution in [1.82, 2.24) is 0 Å². The minimum atomic E-state index is 0.369. The summed E-state index contributed by atoms with van der Waals surface area (Å²) in [7, 11) is 1.49. The van der Waals surface area contributed by atoms with Gasteiger partial charge < -0.3 is 4.74 Å². The van der Waals surface area contributed by atoms with Gasteiger partial charge >= 0.3 is 0 Å². The first-order chi connectivity index (χ1) is 5.70. The lowest BCUT2D eigenvalue weighted by Crippen LogP contribution is -1.91. The molecule has 1 aromatic carbocycles. The standard InChI is InChI=1S/C8H6BrClO2/c1-12-7-3-2-6(9)8(10)5(7)4-11/h2-4H,1H3. The molecule has 0 aliphatic carbocycles. The van der Waals surface area contributed by atoms with Gasteiger partial charge in [-0.15, -0.1) is 0 Å². The smallest absolute Gasteiger partial charge is 0.155 e. The van der Waals surface area contributed by atoms with E-state index in [1.807, 2.05) is 0 Å². The Morgan fingerprint density at radius 3 is 2.75 bits per heavy atom. The largest absolute Gasteiger partial charge is 0.496 e. The summed E-state index contributed by atoms with van der Waals surface area (Å²) in [5, 5.41) is 0.379. The lowest BCUT2D eigenvalue weighted by Gasteiger charge is -2.05. The fraction of sp³-hybridized carbons (Fsp3) is 0.125. The first kappa shape index (κ1) is 9.55. The van der Waals surface area contributed by atoms with E-state index < -0.39 is 0 Å². The van der Waals surface area contributed by atoms with Crippen molar-refractivity contribution in [3.8, 4) is 5.75 Å². The first-order valence-corrected chi connectivity index (χ1v) is 4.35. The first-order valence-electron chi connectivity index (χ1n) is 3.18. The number of ether oxygens (including phenoxy) is 1. The topological polar surface area (TPSA) is 26.3 Å². The van der Waals surface area contributed by atoms with Crippen LogP contribution >= 0.6 is 27.5 Å². The average Bonchev–Trinajstić information content (AvgIpc) is 2.09. The molecule has 0 bridgehead atoms. The molecule has 12 heavy (non-hydrogen) atoms. The van der Waals surface area contributed by atoms with Gasteiger partial charge in [-0.3, -0.25) is 4.79 Å². The van der Waals surface area contributed by atoms with Crippen LogP contribution < -0.4 is 4.74 Å². The van der Waals surface area contributed by atoms with Crippen LogP contribution in [0.1, 0.15) is 10.4 Å². The van der Waals surface area contributed by atoms with E-state index in [9.17, 15) is 4.79 Å². The molecule has 0 amide bonds. The quantitative estimate of drug-likeness (QED) is 0.753. The molecule has 0 radical (unpaired) electrons. The molecule has 2 nitrogen and oxygen atoms in total. The Bertz CT molecular complexity index is 312. The summed E-state index contributed by atoms with van der Waals surface area (Å²) in [6, 6.07) is 3.41. The number of hydrogen-bond donors (Lipinski definition) is 0. The molecule has 0 aliphatic rings. The third-order valence-electron chi connectivity index (χ3n) is 1.43. The van der Waals surface area contributed by atoms with Crippen molar-refractivity contribution in [3.63, 3.8) is 0 Å². The molecule has 4 heteroatoms. The predicted octanol–water partition coefficient (Wildman–Crippen LogP) is 2.92. The zero-order valence-electron chi connectivity index (χ0n) is 6.30. The minimum Gasteiger partial charge on any atom is -0.496 e. The summed E-state index contributed by atoms with van der Waals surface area (Å²) in [5.41, 5.74) is 0.369. The SMILES string of the molecule is COc1ccc(Br)c(Cl)c1C=O. The Balaban J connectivity index is 3.35. The molecule has 0 spiro atoms. The fourth-order valence-electron chi connectivity index (χ4n) is 0.836. The average molecular weight is 249 g/mol. The molecular weight excluding hydrogens is 243 g/mol. The van der Waals surface area contributed by atoms with Crippen molar-refractivity contribution in [3.05, 3.63) is 27.2 Å². The Morgan fingerprint density at radius 2 is 2.25 bits per heavy atom. The van der Waals surface area contributed by atoms with Gasteiger partial charge in [0, 0.05) is 4.47 Å². The molecule has 0 aromatic heterocycles. The predicted molar refractivity (Wildman–Crippen MR) is 51.1 cm³/mol. The van der Waals surface area contributed by atoms with Crippen LogP contribution in [-0.4, -0.2) is 13.4 Å². The molecule has 0 saturated carbocycles. The van der Waals surface area contributed by atoms with Crippen molar-refractivity contribution in [2.24, 2.45) is 0 Å². The van der Waals surface area contributed by atoms with E-state index in [1.165, 1.54) is 7.11 Å². The van der Waals surface area contributed by atoms with E-state index in [-0.39, 0.29) is 0 Å². The number of methoxy groups -OCH3 is 1. The van der Waals surface area contributed by atoms with Crippen LogP contribution in [0.2, 0.25) is 5.02 Å². The molecule has 0 saturated heterocycles. The monoisotopic (exact) mass is 248 g/mol. The highest BCUT2D eigenvalue weighted by Gasteiger charge is 2.09. The van der Waals surface area contributed by atoms with Crippen LogP contribution in [0.25, 0.3) is 0 Å². The molecule has 0 heterocycles. The highest BCUT2D eigenvalue weighted by atomic mass is 79.9. The highest BCUT2D eigenvalue weighted by Crippen LogP contribution is 2.31. The number of halogens is 2. The lowest BCUT2D eigenvalue weighted by molar-refractivity contribution is 0.112. The van der Waals surface area contributed by atoms with Gasteiger partial charge in [-0.05, 0) is 28.1 Å². The maximum absolute atomic E-state index is 10.6. The summed E-state index contributed by atoms with van der Waals surface area (Å²) in [4.78, 5) is 10.6. The molecule has 1 rings (SSSR count). The lowest BCUT2D eigenvalue weighted by atomic mass is 10.2. The maximum atomic E-state index is 10.6. The van der Waals surface area contributed by atoms with Gasteiger partial charge in [0.2, 0.25) is 0 Å². The van der Waals surface area contributed by atoms with Crippen molar-refractivity contribution >= 4 is 33.8 Å². The third kappa shape index (κ3) is 1.62. The van der Waals surface area contributed by atoms with Crippen LogP contribution in [-0.2, 0) is 0 Å². The fourth-order valence-corrected chi connectivity index (χ4v) is 1.38. The Kier molecular flexibility index (Phi) is 3.12. The van der Waals surface area contributed by atoms with Gasteiger partial charge in [0.1, 0.15) is 5.75 Å². The molecular formula is C8H6BrClO2. The molecule has 0 unspecified atom stereocenters. The normalized spacial score (nSPS) is 9.58. The van der Waals surface area contributed by atoms with Crippen molar-refractivity contribution in [1.29, 1.82) is 0 Å². The van der Waals surface area contributed by atoms with Gasteiger partial charge in [0.15, 0.2) is 6.29 Å². The van der Waals surface area contributed by atoms with Crippen molar-refractivity contribution in [2.75, 3.05) is 7.11 Å². The number of aldehydes is 1. The Hall–Kier alpha value is -0.540. The van der Waals surface area contributed by atoms with Gasteiger partial charge in [-0.25, -0.2) is 0 Å². The summed E-state index contributed by atoms with van der Waals surface area (Å²) in [5.74, 6) is 0.484. The zero-order valence-corrected chi connectivity index (χ0v) is 8.65. The van der Waals surface area contributed by atoms with Crippen LogP contribution in [0.5, 0.6) is 5.75 Å². The summed E-state index contributed by atoms with van der Waals surface area (Å²) < 4.78 is 5.62. The molecule has 0 fully saturated rings. The number of benzene rings is 1. The van der Waals surface area contributed by atoms with Crippen molar-refractivity contribution < 1.29 is 9.53 Å². The second-order valence-electron chi connectivity index (χ2n) is 2.10. The number of hydrogen-bond acceptors (Lipinski definition) is 2. The maximum Gasteiger partial charge on any atom is 0.155 e. The summed E-state index contributed by atoms with van der Waals surface area (Å²) >= 11 is 9.02. The summed E-state index contributed by atoms with van der Waals surface area (Å²) in [6.45, 7) is 0. The number of carbonyl (C=O) groups excluding carboxylic acids is 1. The Morgan fingerprint density at radius 1 is 1.58 bits per heavy atom. The summed E-state index contributed by atoms with van der Waals surface area (Å²) in [6.07, 6.45) is 0.673. The molecule has 0 aliphatic heterocycles. The number of carbonyl (C=O) groups is 1. The third-order valence-corrected chi connectivity index (χ3v) is 2.73. The zero-order chi connectivity index (χ0) is 9.14. The van der Waals surface area contributed by atoms with Crippen LogP contribution in [0.15, 0.2) is 16.6 Å². The van der Waals surface area contributed by atoms with Crippen LogP contribution in [0, 0.1) is 0 Å². The van der Waals surface area contributed by atoms with Gasteiger partial charge in [-0.1, -0.05) is 11.6 Å². The van der Waals surface area contributed by atoms with E-state index in [0.717, 1.165) is 0 Å². The van der Waals surface area contributed by atoms with Gasteiger partial charge in [0.05, 0.1) is 17.7 Å². The van der Waals surface area contributed by atoms with Gasteiger partial charge in [-0.2, -0.15) is 0 Å². The van der Waals surface area contributed by atoms with Crippen LogP contribution in [0.4, 0.5) is 0 Å². The van der Waals surface area contributed by atoms with Gasteiger partial charge in [0.25, 0.3) is 0 Å². The second-order valence-corrected chi connectivity index (χ2v) is 3.33. The molecule has 0 atom stereocenters. The van der Waals surface area contributed by atoms with E-state index >= 15 is 0 Å². The van der Waals surface area contributed by atoms with E-state index in [1.54, 1.807) is 12.1 Å². The van der Waals surface area contributed by atoms with Crippen LogP contribution in [0.3, 0.4) is 0 Å². The molecule has 1 aromatic rings. The Labute approximate surface area is 83.6 Å². The molecule has 0 N–H and O–H groups in total. The molecule has 64 valence electrons. The number of rotatable bonds is 2.